The number of aliphatic hydroxyl groups is 3. The second kappa shape index (κ2) is 7.70. The molecule has 1 fully saturated rings. The predicted molar refractivity (Wildman–Crippen MR) is 85.7 cm³/mol. The maximum Gasteiger partial charge on any atom is 0.347 e. The van der Waals surface area contributed by atoms with Gasteiger partial charge in [-0.15, -0.1) is 0 Å². The minimum Gasteiger partial charge on any atom is -0.481 e. The van der Waals surface area contributed by atoms with E-state index in [1.54, 1.807) is 4.98 Å². The van der Waals surface area contributed by atoms with Gasteiger partial charge < -0.3 is 35.4 Å². The smallest absolute Gasteiger partial charge is 0.347 e. The summed E-state index contributed by atoms with van der Waals surface area (Å²) in [4.78, 5) is 58.5. The molecule has 5 atom stereocenters. The minimum absolute atomic E-state index is 0.241. The number of hydrogen-bond acceptors (Lipinski definition) is 10. The van der Waals surface area contributed by atoms with Crippen LogP contribution in [0, 0.1) is 0 Å². The van der Waals surface area contributed by atoms with E-state index in [-0.39, 0.29) is 4.68 Å². The largest absolute Gasteiger partial charge is 0.481 e. The third-order valence-electron chi connectivity index (χ3n) is 4.44. The molecule has 15 nitrogen and oxygen atoms in total. The lowest BCUT2D eigenvalue weighted by Gasteiger charge is -2.39. The van der Waals surface area contributed by atoms with Crippen molar-refractivity contribution in [3.8, 4) is 0 Å². The van der Waals surface area contributed by atoms with Gasteiger partial charge in [0.2, 0.25) is 0 Å². The molecule has 0 aromatic carbocycles. The third-order valence-corrected chi connectivity index (χ3v) is 4.44. The van der Waals surface area contributed by atoms with Crippen LogP contribution in [0.2, 0.25) is 0 Å². The van der Waals surface area contributed by atoms with Gasteiger partial charge in [-0.25, -0.2) is 4.79 Å². The number of nitrogens with zero attached hydrogens (tertiary/aromatic N) is 2. The number of nitrogens with one attached hydrogen (secondary N) is 1. The van der Waals surface area contributed by atoms with Crippen molar-refractivity contribution < 1.29 is 49.8 Å². The fraction of sp³-hybridized carbons (Fsp3) is 0.571. The summed E-state index contributed by atoms with van der Waals surface area (Å²) in [6.45, 7) is 0. The summed E-state index contributed by atoms with van der Waals surface area (Å²) in [5.41, 5.74) is -8.41. The zero-order valence-corrected chi connectivity index (χ0v) is 14.5. The molecule has 2 heterocycles. The second-order valence-corrected chi connectivity index (χ2v) is 6.45. The zero-order chi connectivity index (χ0) is 22.1. The van der Waals surface area contributed by atoms with E-state index in [1.807, 2.05) is 0 Å². The first kappa shape index (κ1) is 22.2. The number of carboxylic acid groups (broad SMARTS) is 3. The maximum absolute atomic E-state index is 12.0. The number of aromatic amines is 1. The van der Waals surface area contributed by atoms with Crippen LogP contribution in [0.3, 0.4) is 0 Å². The number of hydrogen-bond donors (Lipinski definition) is 7. The van der Waals surface area contributed by atoms with Crippen molar-refractivity contribution >= 4 is 17.9 Å². The van der Waals surface area contributed by atoms with Crippen LogP contribution in [-0.4, -0.2) is 86.7 Å². The number of H-pyrrole nitrogens is 1. The summed E-state index contributed by atoms with van der Waals surface area (Å²) >= 11 is 0. The molecule has 1 aromatic rings. The van der Waals surface area contributed by atoms with Gasteiger partial charge >= 0.3 is 23.6 Å². The van der Waals surface area contributed by atoms with Crippen molar-refractivity contribution in [3.05, 3.63) is 27.0 Å². The van der Waals surface area contributed by atoms with E-state index in [0.717, 1.165) is 0 Å². The van der Waals surface area contributed by atoms with Crippen molar-refractivity contribution in [1.82, 2.24) is 14.8 Å². The van der Waals surface area contributed by atoms with E-state index >= 15 is 0 Å². The second-order valence-electron chi connectivity index (χ2n) is 6.45. The number of carboxylic acids is 3. The predicted octanol–water partition coefficient (Wildman–Crippen LogP) is -3.92. The third kappa shape index (κ3) is 4.02. The summed E-state index contributed by atoms with van der Waals surface area (Å²) < 4.78 is 5.44. The Balaban J connectivity index is 2.70. The number of aliphatic carboxylic acids is 3. The monoisotopic (exact) mass is 419 g/mol. The molecule has 0 amide bonds. The van der Waals surface area contributed by atoms with Gasteiger partial charge in [0, 0.05) is 0 Å². The van der Waals surface area contributed by atoms with Gasteiger partial charge in [0.1, 0.15) is 17.9 Å². The molecular formula is C14H17N3O12. The Morgan fingerprint density at radius 1 is 1.10 bits per heavy atom. The molecule has 1 aliphatic heterocycles. The van der Waals surface area contributed by atoms with Crippen LogP contribution in [0.15, 0.2) is 15.8 Å². The van der Waals surface area contributed by atoms with E-state index in [4.69, 9.17) is 20.1 Å². The zero-order valence-electron chi connectivity index (χ0n) is 14.5. The Bertz CT molecular complexity index is 940. The molecule has 0 bridgehead atoms. The van der Waals surface area contributed by atoms with Gasteiger partial charge in [-0.3, -0.25) is 24.2 Å². The van der Waals surface area contributed by atoms with Crippen LogP contribution < -0.4 is 11.2 Å². The number of rotatable bonds is 8. The molecule has 29 heavy (non-hydrogen) atoms. The van der Waals surface area contributed by atoms with Crippen LogP contribution in [0.25, 0.3) is 0 Å². The highest BCUT2D eigenvalue weighted by molar-refractivity contribution is 5.72. The first-order valence-corrected chi connectivity index (χ1v) is 7.93. The first-order valence-electron chi connectivity index (χ1n) is 7.93. The Hall–Kier alpha value is -3.14. The Kier molecular flexibility index (Phi) is 5.89. The molecule has 1 saturated heterocycles. The van der Waals surface area contributed by atoms with Crippen molar-refractivity contribution in [1.29, 1.82) is 0 Å². The number of carbonyl (C=O) groups is 3. The van der Waals surface area contributed by atoms with E-state index in [0.29, 0.717) is 6.20 Å². The lowest BCUT2D eigenvalue weighted by Crippen LogP contribution is -2.62. The SMILES string of the molecule is O=C(O)C[C@@H](O)[C@H]1O[C@@H](n2ncc(=O)[nH]c2=O)[C@@](O)(CC(=O)O)[C@@]1(O)CC(=O)O. The molecule has 1 aromatic heterocycles. The molecule has 2 rings (SSSR count). The summed E-state index contributed by atoms with van der Waals surface area (Å²) in [5, 5.41) is 62.6. The van der Waals surface area contributed by atoms with Crippen LogP contribution in [0.4, 0.5) is 0 Å². The van der Waals surface area contributed by atoms with Crippen molar-refractivity contribution in [2.75, 3.05) is 0 Å². The number of aliphatic hydroxyl groups excluding tert-OH is 1. The molecule has 7 N–H and O–H groups in total. The van der Waals surface area contributed by atoms with Gasteiger partial charge in [0.25, 0.3) is 5.56 Å². The fourth-order valence-corrected chi connectivity index (χ4v) is 3.26. The normalized spacial score (nSPS) is 30.0. The van der Waals surface area contributed by atoms with Crippen molar-refractivity contribution in [2.45, 2.75) is 48.9 Å². The molecule has 0 saturated carbocycles. The highest BCUT2D eigenvalue weighted by Crippen LogP contribution is 2.50. The lowest BCUT2D eigenvalue weighted by molar-refractivity contribution is -0.189. The molecule has 1 aliphatic rings. The topological polar surface area (TPSA) is 250 Å². The quantitative estimate of drug-likeness (QED) is 0.213. The fourth-order valence-electron chi connectivity index (χ4n) is 3.26. The summed E-state index contributed by atoms with van der Waals surface area (Å²) in [6, 6.07) is 0. The summed E-state index contributed by atoms with van der Waals surface area (Å²) in [5.74, 6) is -5.09. The highest BCUT2D eigenvalue weighted by Gasteiger charge is 2.70. The Labute approximate surface area is 159 Å². The highest BCUT2D eigenvalue weighted by atomic mass is 16.6. The van der Waals surface area contributed by atoms with Gasteiger partial charge in [-0.1, -0.05) is 0 Å². The lowest BCUT2D eigenvalue weighted by atomic mass is 9.74. The van der Waals surface area contributed by atoms with Gasteiger partial charge in [-0.05, 0) is 0 Å². The van der Waals surface area contributed by atoms with Crippen LogP contribution in [0.1, 0.15) is 25.5 Å². The van der Waals surface area contributed by atoms with Gasteiger partial charge in [0.05, 0.1) is 25.4 Å². The standard InChI is InChI=1S/C14H17N3O12/c18-5(1-7(20)21)10-13(27,2-8(22)23)14(28,3-9(24)25)11(29-10)17-12(26)16-6(19)4-15-17/h4-5,10-11,18,27-28H,1-3H2,(H,20,21)(H,22,23)(H,24,25)(H,16,19,26)/t5-,10-,11-,13-,14+/m1/s1. The first-order chi connectivity index (χ1) is 13.3. The molecule has 0 unspecified atom stereocenters. The Morgan fingerprint density at radius 2 is 1.66 bits per heavy atom. The van der Waals surface area contributed by atoms with E-state index in [2.05, 4.69) is 5.10 Å². The summed E-state index contributed by atoms with van der Waals surface area (Å²) in [6.07, 6.45) is -9.73. The Morgan fingerprint density at radius 3 is 2.14 bits per heavy atom. The minimum atomic E-state index is -3.07. The molecular weight excluding hydrogens is 402 g/mol. The van der Waals surface area contributed by atoms with Crippen LogP contribution in [0.5, 0.6) is 0 Å². The molecule has 0 spiro atoms. The molecule has 0 aliphatic carbocycles. The number of aromatic nitrogens is 3. The number of ether oxygens (including phenoxy) is 1. The molecule has 15 heteroatoms. The van der Waals surface area contributed by atoms with Crippen molar-refractivity contribution in [2.24, 2.45) is 0 Å². The average molecular weight is 419 g/mol. The van der Waals surface area contributed by atoms with Gasteiger partial charge in [-0.2, -0.15) is 9.78 Å². The van der Waals surface area contributed by atoms with Crippen LogP contribution in [-0.2, 0) is 19.1 Å². The molecule has 0 radical (unpaired) electrons. The summed E-state index contributed by atoms with van der Waals surface area (Å²) in [7, 11) is 0. The average Bonchev–Trinajstić information content (AvgIpc) is 2.74. The maximum atomic E-state index is 12.0. The van der Waals surface area contributed by atoms with Crippen molar-refractivity contribution in [3.63, 3.8) is 0 Å². The van der Waals surface area contributed by atoms with Gasteiger partial charge in [0.15, 0.2) is 11.8 Å². The molecule has 160 valence electrons. The van der Waals surface area contributed by atoms with E-state index in [1.165, 1.54) is 0 Å². The van der Waals surface area contributed by atoms with E-state index < -0.39 is 78.1 Å². The van der Waals surface area contributed by atoms with Crippen LogP contribution >= 0.6 is 0 Å². The van der Waals surface area contributed by atoms with E-state index in [9.17, 15) is 39.3 Å².